The van der Waals surface area contributed by atoms with Crippen molar-refractivity contribution in [1.82, 2.24) is 9.97 Å². The molecule has 1 N–H and O–H groups in total. The molecule has 6 nitrogen and oxygen atoms in total. The van der Waals surface area contributed by atoms with Gasteiger partial charge in [0, 0.05) is 43.0 Å². The Hall–Kier alpha value is -3.33. The van der Waals surface area contributed by atoms with E-state index in [2.05, 4.69) is 20.2 Å². The lowest BCUT2D eigenvalue weighted by Crippen LogP contribution is -2.47. The van der Waals surface area contributed by atoms with Crippen LogP contribution < -0.4 is 15.1 Å². The van der Waals surface area contributed by atoms with E-state index >= 15 is 0 Å². The lowest BCUT2D eigenvalue weighted by molar-refractivity contribution is -0.137. The summed E-state index contributed by atoms with van der Waals surface area (Å²) in [5.74, 6) is 1.02. The molecule has 1 aromatic carbocycles. The van der Waals surface area contributed by atoms with E-state index in [1.165, 1.54) is 6.07 Å². The average molecular weight is 462 g/mol. The van der Waals surface area contributed by atoms with Gasteiger partial charge in [0.05, 0.1) is 17.4 Å². The topological polar surface area (TPSA) is 61.4 Å². The third-order valence-electron chi connectivity index (χ3n) is 5.12. The van der Waals surface area contributed by atoms with Crippen LogP contribution in [0.4, 0.5) is 30.5 Å². The molecule has 3 heterocycles. The second kappa shape index (κ2) is 9.04. The predicted molar refractivity (Wildman–Crippen MR) is 117 cm³/mol. The Labute approximate surface area is 187 Å². The van der Waals surface area contributed by atoms with Crippen molar-refractivity contribution in [2.75, 3.05) is 41.3 Å². The number of alkyl halides is 3. The second-order valence-corrected chi connectivity index (χ2v) is 7.68. The number of rotatable bonds is 4. The summed E-state index contributed by atoms with van der Waals surface area (Å²) in [5, 5.41) is 3.35. The summed E-state index contributed by atoms with van der Waals surface area (Å²) in [6.07, 6.45) is -1.94. The molecule has 0 saturated carbocycles. The number of pyridine rings is 2. The van der Waals surface area contributed by atoms with Crippen LogP contribution in [0.2, 0.25) is 5.02 Å². The first kappa shape index (κ1) is 21.9. The number of amides is 1. The fourth-order valence-corrected chi connectivity index (χ4v) is 3.48. The van der Waals surface area contributed by atoms with E-state index in [9.17, 15) is 18.0 Å². The van der Waals surface area contributed by atoms with Crippen molar-refractivity contribution in [2.45, 2.75) is 6.18 Å². The number of anilines is 3. The smallest absolute Gasteiger partial charge is 0.353 e. The van der Waals surface area contributed by atoms with E-state index in [0.29, 0.717) is 48.3 Å². The molecular formula is C22H19ClF3N5O. The summed E-state index contributed by atoms with van der Waals surface area (Å²) in [4.78, 5) is 24.7. The molecule has 0 bridgehead atoms. The minimum atomic E-state index is -4.39. The van der Waals surface area contributed by atoms with Crippen molar-refractivity contribution in [3.8, 4) is 0 Å². The molecule has 1 aliphatic heterocycles. The van der Waals surface area contributed by atoms with E-state index in [-0.39, 0.29) is 5.91 Å². The number of halogens is 4. The minimum Gasteiger partial charge on any atom is -0.353 e. The number of benzene rings is 1. The summed E-state index contributed by atoms with van der Waals surface area (Å²) < 4.78 is 38.1. The highest BCUT2D eigenvalue weighted by atomic mass is 35.5. The van der Waals surface area contributed by atoms with E-state index in [4.69, 9.17) is 11.6 Å². The number of nitrogens with zero attached hydrogens (tertiary/aromatic N) is 4. The van der Waals surface area contributed by atoms with Gasteiger partial charge in [0.1, 0.15) is 11.6 Å². The number of hydrogen-bond donors (Lipinski definition) is 1. The van der Waals surface area contributed by atoms with Crippen molar-refractivity contribution in [3.05, 3.63) is 77.1 Å². The van der Waals surface area contributed by atoms with Crippen molar-refractivity contribution >= 4 is 34.8 Å². The fourth-order valence-electron chi connectivity index (χ4n) is 3.36. The van der Waals surface area contributed by atoms with Gasteiger partial charge in [0.25, 0.3) is 5.91 Å². The van der Waals surface area contributed by atoms with Crippen molar-refractivity contribution in [1.29, 1.82) is 0 Å². The van der Waals surface area contributed by atoms with Gasteiger partial charge >= 0.3 is 6.18 Å². The average Bonchev–Trinajstić information content (AvgIpc) is 2.80. The minimum absolute atomic E-state index is 0.256. The van der Waals surface area contributed by atoms with Gasteiger partial charge in [-0.2, -0.15) is 13.2 Å². The molecule has 0 atom stereocenters. The molecule has 4 rings (SSSR count). The third kappa shape index (κ3) is 5.11. The van der Waals surface area contributed by atoms with Crippen LogP contribution in [0.25, 0.3) is 0 Å². The number of piperazine rings is 1. The summed E-state index contributed by atoms with van der Waals surface area (Å²) in [6, 6.07) is 12.6. The molecule has 0 aliphatic carbocycles. The van der Waals surface area contributed by atoms with Crippen LogP contribution in [0.5, 0.6) is 0 Å². The summed E-state index contributed by atoms with van der Waals surface area (Å²) >= 11 is 5.84. The largest absolute Gasteiger partial charge is 0.417 e. The first-order valence-electron chi connectivity index (χ1n) is 9.86. The van der Waals surface area contributed by atoms with Gasteiger partial charge < -0.3 is 15.1 Å². The standard InChI is InChI=1S/C22H19ClF3N5O/c23-17-4-1-15(2-5-17)21(32)29-18-6-8-20(28-14-18)31-11-9-30(10-12-31)19-7-3-16(13-27-19)22(24,25)26/h1-8,13-14H,9-12H2,(H,29,32). The first-order chi connectivity index (χ1) is 15.3. The van der Waals surface area contributed by atoms with E-state index in [1.807, 2.05) is 11.0 Å². The third-order valence-corrected chi connectivity index (χ3v) is 5.37. The van der Waals surface area contributed by atoms with Crippen molar-refractivity contribution in [3.63, 3.8) is 0 Å². The maximum Gasteiger partial charge on any atom is 0.417 e. The molecule has 0 unspecified atom stereocenters. The SMILES string of the molecule is O=C(Nc1ccc(N2CCN(c3ccc(C(F)(F)F)cn3)CC2)nc1)c1ccc(Cl)cc1. The first-order valence-corrected chi connectivity index (χ1v) is 10.2. The predicted octanol–water partition coefficient (Wildman–Crippen LogP) is 4.73. The maximum atomic E-state index is 12.7. The van der Waals surface area contributed by atoms with Crippen LogP contribution in [0.1, 0.15) is 15.9 Å². The van der Waals surface area contributed by atoms with Crippen LogP contribution in [-0.4, -0.2) is 42.1 Å². The highest BCUT2D eigenvalue weighted by Crippen LogP contribution is 2.29. The molecule has 166 valence electrons. The van der Waals surface area contributed by atoms with Crippen LogP contribution in [0.3, 0.4) is 0 Å². The molecule has 32 heavy (non-hydrogen) atoms. The normalized spacial score (nSPS) is 14.4. The van der Waals surface area contributed by atoms with Gasteiger partial charge in [-0.3, -0.25) is 4.79 Å². The zero-order valence-corrected chi connectivity index (χ0v) is 17.6. The zero-order valence-electron chi connectivity index (χ0n) is 16.8. The van der Waals surface area contributed by atoms with Crippen molar-refractivity contribution < 1.29 is 18.0 Å². The monoisotopic (exact) mass is 461 g/mol. The number of carbonyl (C=O) groups excluding carboxylic acids is 1. The van der Waals surface area contributed by atoms with E-state index < -0.39 is 11.7 Å². The Balaban J connectivity index is 1.33. The van der Waals surface area contributed by atoms with Gasteiger partial charge in [0.2, 0.25) is 0 Å². The summed E-state index contributed by atoms with van der Waals surface area (Å²) in [7, 11) is 0. The maximum absolute atomic E-state index is 12.7. The highest BCUT2D eigenvalue weighted by molar-refractivity contribution is 6.30. The van der Waals surface area contributed by atoms with Gasteiger partial charge in [-0.1, -0.05) is 11.6 Å². The Bertz CT molecular complexity index is 1060. The Morgan fingerprint density at radius 3 is 1.88 bits per heavy atom. The molecule has 10 heteroatoms. The van der Waals surface area contributed by atoms with Crippen LogP contribution in [-0.2, 0) is 6.18 Å². The lowest BCUT2D eigenvalue weighted by atomic mass is 10.2. The second-order valence-electron chi connectivity index (χ2n) is 7.24. The Kier molecular flexibility index (Phi) is 6.18. The quantitative estimate of drug-likeness (QED) is 0.608. The number of carbonyl (C=O) groups is 1. The summed E-state index contributed by atoms with van der Waals surface area (Å²) in [5.41, 5.74) is 0.306. The lowest BCUT2D eigenvalue weighted by Gasteiger charge is -2.36. The number of hydrogen-bond acceptors (Lipinski definition) is 5. The van der Waals surface area contributed by atoms with Crippen LogP contribution in [0.15, 0.2) is 60.9 Å². The number of nitrogens with one attached hydrogen (secondary N) is 1. The van der Waals surface area contributed by atoms with Gasteiger partial charge in [0.15, 0.2) is 0 Å². The van der Waals surface area contributed by atoms with E-state index in [0.717, 1.165) is 18.1 Å². The van der Waals surface area contributed by atoms with Crippen molar-refractivity contribution in [2.24, 2.45) is 0 Å². The van der Waals surface area contributed by atoms with Crippen LogP contribution >= 0.6 is 11.6 Å². The Morgan fingerprint density at radius 2 is 1.41 bits per heavy atom. The molecule has 1 amide bonds. The molecule has 0 radical (unpaired) electrons. The molecular weight excluding hydrogens is 443 g/mol. The summed E-state index contributed by atoms with van der Waals surface area (Å²) in [6.45, 7) is 2.50. The molecule has 1 aliphatic rings. The molecule has 1 fully saturated rings. The zero-order chi connectivity index (χ0) is 22.7. The molecule has 3 aromatic rings. The van der Waals surface area contributed by atoms with E-state index in [1.54, 1.807) is 36.5 Å². The fraction of sp³-hybridized carbons (Fsp3) is 0.227. The Morgan fingerprint density at radius 1 is 0.844 bits per heavy atom. The molecule has 0 spiro atoms. The van der Waals surface area contributed by atoms with Gasteiger partial charge in [-0.15, -0.1) is 0 Å². The molecule has 1 saturated heterocycles. The van der Waals surface area contributed by atoms with Gasteiger partial charge in [-0.05, 0) is 48.5 Å². The number of aromatic nitrogens is 2. The highest BCUT2D eigenvalue weighted by Gasteiger charge is 2.31. The van der Waals surface area contributed by atoms with Gasteiger partial charge in [-0.25, -0.2) is 9.97 Å². The molecule has 2 aromatic heterocycles. The van der Waals surface area contributed by atoms with Crippen LogP contribution in [0, 0.1) is 0 Å².